The molecule has 0 aromatic heterocycles. The number of ketones is 1. The number of fused-ring (bicyclic) bond motifs is 1. The summed E-state index contributed by atoms with van der Waals surface area (Å²) in [6.45, 7) is 8.04. The van der Waals surface area contributed by atoms with Gasteiger partial charge in [-0.2, -0.15) is 0 Å². The summed E-state index contributed by atoms with van der Waals surface area (Å²) < 4.78 is 11.4. The van der Waals surface area contributed by atoms with Crippen LogP contribution in [-0.2, 0) is 23.9 Å². The van der Waals surface area contributed by atoms with Crippen molar-refractivity contribution in [3.8, 4) is 0 Å². The summed E-state index contributed by atoms with van der Waals surface area (Å²) in [7, 11) is 0. The Morgan fingerprint density at radius 3 is 2.61 bits per heavy atom. The summed E-state index contributed by atoms with van der Waals surface area (Å²) in [5.41, 5.74) is 0.511. The number of hydrogen-bond donors (Lipinski definition) is 2. The van der Waals surface area contributed by atoms with Crippen LogP contribution in [0.15, 0.2) is 23.8 Å². The van der Waals surface area contributed by atoms with E-state index in [0.29, 0.717) is 19.3 Å². The van der Waals surface area contributed by atoms with E-state index < -0.39 is 29.4 Å². The number of aliphatic hydroxyl groups is 2. The molecule has 33 heavy (non-hydrogen) atoms. The highest BCUT2D eigenvalue weighted by atomic mass is 16.6. The van der Waals surface area contributed by atoms with Gasteiger partial charge in [-0.3, -0.25) is 9.59 Å². The molecule has 0 radical (unpaired) electrons. The maximum atomic E-state index is 13.1. The van der Waals surface area contributed by atoms with Crippen LogP contribution in [0.3, 0.4) is 0 Å². The molecular formula is C26H38O7. The summed E-state index contributed by atoms with van der Waals surface area (Å²) in [5.74, 6) is -1.31. The Morgan fingerprint density at radius 1 is 1.21 bits per heavy atom. The number of esters is 2. The first-order valence-corrected chi connectivity index (χ1v) is 12.2. The number of ether oxygens (including phenoxy) is 2. The Balaban J connectivity index is 1.74. The highest BCUT2D eigenvalue weighted by molar-refractivity contribution is 6.35. The topological polar surface area (TPSA) is 110 Å². The minimum atomic E-state index is -1.29. The molecule has 2 N–H and O–H groups in total. The van der Waals surface area contributed by atoms with Crippen LogP contribution in [0.4, 0.5) is 0 Å². The zero-order valence-corrected chi connectivity index (χ0v) is 20.2. The maximum absolute atomic E-state index is 13.1. The van der Waals surface area contributed by atoms with Gasteiger partial charge in [-0.25, -0.2) is 4.79 Å². The lowest BCUT2D eigenvalue weighted by Crippen LogP contribution is -2.44. The first-order chi connectivity index (χ1) is 15.5. The summed E-state index contributed by atoms with van der Waals surface area (Å²) in [4.78, 5) is 36.3. The summed E-state index contributed by atoms with van der Waals surface area (Å²) in [5, 5.41) is 19.0. The molecule has 1 fully saturated rings. The molecule has 0 spiro atoms. The van der Waals surface area contributed by atoms with Gasteiger partial charge in [0.25, 0.3) is 5.78 Å². The van der Waals surface area contributed by atoms with Crippen molar-refractivity contribution in [1.82, 2.24) is 0 Å². The quantitative estimate of drug-likeness (QED) is 0.421. The lowest BCUT2D eigenvalue weighted by atomic mass is 9.65. The zero-order chi connectivity index (χ0) is 24.3. The highest BCUT2D eigenvalue weighted by Crippen LogP contribution is 2.45. The standard InChI is InChI=1S/C26H38O7/c1-15-12-17-7-6-16(2)19(9-8-18-14-20(28)23(29)24(30)32-18)22(17)21(13-15)33-25(31)26(3,4)10-5-11-27/h6-7,12,15-16,18-22,27-28H,5,8-11,13-14H2,1-4H3/t15-,16-,18+,19-,20+,21-,22-/m0/s1. The zero-order valence-electron chi connectivity index (χ0n) is 20.2. The van der Waals surface area contributed by atoms with Gasteiger partial charge in [0.2, 0.25) is 0 Å². The van der Waals surface area contributed by atoms with E-state index in [-0.39, 0.29) is 48.8 Å². The lowest BCUT2D eigenvalue weighted by molar-refractivity contribution is -0.170. The van der Waals surface area contributed by atoms with Gasteiger partial charge in [0.1, 0.15) is 18.3 Å². The molecule has 7 nitrogen and oxygen atoms in total. The monoisotopic (exact) mass is 462 g/mol. The fourth-order valence-electron chi connectivity index (χ4n) is 5.45. The number of aliphatic hydroxyl groups excluding tert-OH is 2. The fraction of sp³-hybridized carbons (Fsp3) is 0.731. The largest absolute Gasteiger partial charge is 0.461 e. The minimum Gasteiger partial charge on any atom is -0.461 e. The Morgan fingerprint density at radius 2 is 1.94 bits per heavy atom. The van der Waals surface area contributed by atoms with E-state index in [1.54, 1.807) is 0 Å². The number of allylic oxidation sites excluding steroid dienone is 3. The third-order valence-corrected chi connectivity index (χ3v) is 7.45. The van der Waals surface area contributed by atoms with E-state index in [1.807, 2.05) is 13.8 Å². The van der Waals surface area contributed by atoms with Gasteiger partial charge in [-0.15, -0.1) is 0 Å². The average molecular weight is 463 g/mol. The molecule has 1 heterocycles. The van der Waals surface area contributed by atoms with Crippen molar-refractivity contribution in [2.45, 2.75) is 84.5 Å². The van der Waals surface area contributed by atoms with Gasteiger partial charge in [-0.05, 0) is 69.3 Å². The number of rotatable bonds is 8. The third kappa shape index (κ3) is 5.93. The van der Waals surface area contributed by atoms with Crippen molar-refractivity contribution in [2.75, 3.05) is 6.61 Å². The second-order valence-corrected chi connectivity index (χ2v) is 10.7. The average Bonchev–Trinajstić information content (AvgIpc) is 2.75. The van der Waals surface area contributed by atoms with Crippen molar-refractivity contribution in [3.63, 3.8) is 0 Å². The first-order valence-electron chi connectivity index (χ1n) is 12.2. The molecule has 184 valence electrons. The van der Waals surface area contributed by atoms with Crippen molar-refractivity contribution in [3.05, 3.63) is 23.8 Å². The molecule has 1 aliphatic heterocycles. The second-order valence-electron chi connectivity index (χ2n) is 10.7. The van der Waals surface area contributed by atoms with Gasteiger partial charge >= 0.3 is 11.9 Å². The van der Waals surface area contributed by atoms with Crippen molar-refractivity contribution >= 4 is 17.7 Å². The predicted molar refractivity (Wildman–Crippen MR) is 122 cm³/mol. The Hall–Kier alpha value is -1.99. The Kier molecular flexibility index (Phi) is 8.17. The molecule has 0 saturated carbocycles. The highest BCUT2D eigenvalue weighted by Gasteiger charge is 2.44. The van der Waals surface area contributed by atoms with E-state index in [9.17, 15) is 19.5 Å². The van der Waals surface area contributed by atoms with E-state index in [0.717, 1.165) is 12.8 Å². The number of hydrogen-bond acceptors (Lipinski definition) is 7. The van der Waals surface area contributed by atoms with E-state index in [2.05, 4.69) is 32.1 Å². The first kappa shape index (κ1) is 25.6. The smallest absolute Gasteiger partial charge is 0.377 e. The summed E-state index contributed by atoms with van der Waals surface area (Å²) in [6.07, 6.45) is 7.80. The Bertz CT molecular complexity index is 811. The van der Waals surface area contributed by atoms with Gasteiger partial charge < -0.3 is 19.7 Å². The Labute approximate surface area is 196 Å². The number of carbonyl (C=O) groups is 3. The van der Waals surface area contributed by atoms with Crippen LogP contribution in [0.2, 0.25) is 0 Å². The lowest BCUT2D eigenvalue weighted by Gasteiger charge is -2.44. The molecule has 7 heteroatoms. The third-order valence-electron chi connectivity index (χ3n) is 7.45. The van der Waals surface area contributed by atoms with Gasteiger partial charge in [0, 0.05) is 18.9 Å². The van der Waals surface area contributed by atoms with Gasteiger partial charge in [-0.1, -0.05) is 32.1 Å². The van der Waals surface area contributed by atoms with Crippen molar-refractivity contribution in [2.24, 2.45) is 29.1 Å². The number of Topliss-reactive ketones (excluding diaryl/α,β-unsaturated/α-hetero) is 1. The number of cyclic esters (lactones) is 1. The summed E-state index contributed by atoms with van der Waals surface area (Å²) >= 11 is 0. The molecule has 2 aliphatic carbocycles. The minimum absolute atomic E-state index is 0.0447. The normalized spacial score (nSPS) is 34.4. The van der Waals surface area contributed by atoms with Crippen LogP contribution in [0.5, 0.6) is 0 Å². The molecule has 3 aliphatic rings. The fourth-order valence-corrected chi connectivity index (χ4v) is 5.45. The molecule has 1 saturated heterocycles. The van der Waals surface area contributed by atoms with Crippen LogP contribution in [0.1, 0.15) is 66.2 Å². The van der Waals surface area contributed by atoms with Crippen molar-refractivity contribution in [1.29, 1.82) is 0 Å². The van der Waals surface area contributed by atoms with E-state index >= 15 is 0 Å². The molecule has 7 atom stereocenters. The molecule has 0 bridgehead atoms. The molecule has 0 amide bonds. The number of carbonyl (C=O) groups excluding carboxylic acids is 3. The maximum Gasteiger partial charge on any atom is 0.377 e. The predicted octanol–water partition coefficient (Wildman–Crippen LogP) is 3.13. The van der Waals surface area contributed by atoms with Crippen LogP contribution in [-0.4, -0.2) is 52.9 Å². The van der Waals surface area contributed by atoms with E-state index in [4.69, 9.17) is 14.6 Å². The second kappa shape index (κ2) is 10.5. The molecule has 0 aromatic rings. The van der Waals surface area contributed by atoms with Crippen molar-refractivity contribution < 1.29 is 34.1 Å². The van der Waals surface area contributed by atoms with Crippen LogP contribution in [0.25, 0.3) is 0 Å². The summed E-state index contributed by atoms with van der Waals surface area (Å²) in [6, 6.07) is 0. The van der Waals surface area contributed by atoms with E-state index in [1.165, 1.54) is 5.57 Å². The van der Waals surface area contributed by atoms with Gasteiger partial charge in [0.05, 0.1) is 5.41 Å². The van der Waals surface area contributed by atoms with Crippen LogP contribution in [0, 0.1) is 29.1 Å². The molecule has 3 rings (SSSR count). The van der Waals surface area contributed by atoms with Gasteiger partial charge in [0.15, 0.2) is 0 Å². The molecule has 0 unspecified atom stereocenters. The molecular weight excluding hydrogens is 424 g/mol. The van der Waals surface area contributed by atoms with Crippen LogP contribution < -0.4 is 0 Å². The van der Waals surface area contributed by atoms with Crippen LogP contribution >= 0.6 is 0 Å². The molecule has 0 aromatic carbocycles. The SMILES string of the molecule is C[C@H]1C=C2C=C[C@H](C)[C@H](CC[C@@H]3C[C@@H](O)C(=O)C(=O)O3)[C@H]2[C@@H](OC(=O)C(C)(C)CCCO)C1.